The number of hydrogen-bond donors (Lipinski definition) is 0. The molecule has 0 aliphatic rings. The van der Waals surface area contributed by atoms with Gasteiger partial charge in [0.1, 0.15) is 0 Å². The van der Waals surface area contributed by atoms with Crippen LogP contribution in [0, 0.1) is 0 Å². The predicted molar refractivity (Wildman–Crippen MR) is 97.0 cm³/mol. The van der Waals surface area contributed by atoms with Gasteiger partial charge in [-0.1, -0.05) is 30.3 Å². The van der Waals surface area contributed by atoms with Crippen LogP contribution in [-0.4, -0.2) is 28.8 Å². The van der Waals surface area contributed by atoms with Crippen molar-refractivity contribution in [2.45, 2.75) is 0 Å². The molecule has 0 radical (unpaired) electrons. The lowest BCUT2D eigenvalue weighted by Gasteiger charge is -2.10. The highest BCUT2D eigenvalue weighted by atomic mass is 16.5. The fourth-order valence-electron chi connectivity index (χ4n) is 2.83. The Morgan fingerprint density at radius 2 is 1.60 bits per heavy atom. The minimum absolute atomic E-state index is 0.677. The number of fused-ring (bicyclic) bond motifs is 1. The zero-order chi connectivity index (χ0) is 17.2. The fourth-order valence-corrected chi connectivity index (χ4v) is 2.83. The summed E-state index contributed by atoms with van der Waals surface area (Å²) in [5.41, 5.74) is 4.63. The van der Waals surface area contributed by atoms with Gasteiger partial charge < -0.3 is 9.47 Å². The smallest absolute Gasteiger partial charge is 0.161 e. The van der Waals surface area contributed by atoms with Gasteiger partial charge in [0.25, 0.3) is 0 Å². The van der Waals surface area contributed by atoms with Crippen molar-refractivity contribution < 1.29 is 9.47 Å². The van der Waals surface area contributed by atoms with E-state index < -0.39 is 0 Å². The summed E-state index contributed by atoms with van der Waals surface area (Å²) in [4.78, 5) is 4.45. The van der Waals surface area contributed by atoms with Gasteiger partial charge in [0.05, 0.1) is 31.8 Å². The molecule has 2 aromatic carbocycles. The molecule has 0 N–H and O–H groups in total. The van der Waals surface area contributed by atoms with E-state index in [2.05, 4.69) is 4.98 Å². The number of methoxy groups -OCH3 is 2. The van der Waals surface area contributed by atoms with Crippen LogP contribution >= 0.6 is 0 Å². The van der Waals surface area contributed by atoms with Crippen LogP contribution < -0.4 is 9.47 Å². The van der Waals surface area contributed by atoms with E-state index in [0.717, 1.165) is 28.2 Å². The summed E-state index contributed by atoms with van der Waals surface area (Å²) in [5, 5.41) is 4.77. The number of aromatic nitrogens is 3. The first kappa shape index (κ1) is 15.2. The maximum Gasteiger partial charge on any atom is 0.161 e. The van der Waals surface area contributed by atoms with Crippen molar-refractivity contribution in [3.05, 3.63) is 66.9 Å². The quantitative estimate of drug-likeness (QED) is 0.565. The van der Waals surface area contributed by atoms with E-state index in [1.54, 1.807) is 14.2 Å². The third-order valence-electron chi connectivity index (χ3n) is 4.11. The number of benzene rings is 2. The normalized spacial score (nSPS) is 10.8. The van der Waals surface area contributed by atoms with Gasteiger partial charge in [-0.3, -0.25) is 0 Å². The summed E-state index contributed by atoms with van der Waals surface area (Å²) < 4.78 is 12.6. The van der Waals surface area contributed by atoms with Crippen LogP contribution in [-0.2, 0) is 0 Å². The predicted octanol–water partition coefficient (Wildman–Crippen LogP) is 4.08. The van der Waals surface area contributed by atoms with Gasteiger partial charge in [0.15, 0.2) is 17.1 Å². The summed E-state index contributed by atoms with van der Waals surface area (Å²) in [6, 6.07) is 19.8. The molecule has 2 heterocycles. The number of rotatable bonds is 4. The van der Waals surface area contributed by atoms with Gasteiger partial charge in [0.2, 0.25) is 0 Å². The van der Waals surface area contributed by atoms with Crippen molar-refractivity contribution in [3.63, 3.8) is 0 Å². The van der Waals surface area contributed by atoms with E-state index in [1.165, 1.54) is 0 Å². The molecule has 4 rings (SSSR count). The molecule has 0 aliphatic heterocycles. The number of ether oxygens (including phenoxy) is 2. The molecule has 25 heavy (non-hydrogen) atoms. The minimum Gasteiger partial charge on any atom is -0.493 e. The van der Waals surface area contributed by atoms with Gasteiger partial charge in [-0.15, -0.1) is 0 Å². The molecule has 0 atom stereocenters. The highest BCUT2D eigenvalue weighted by molar-refractivity contribution is 5.67. The second-order valence-corrected chi connectivity index (χ2v) is 5.57. The Morgan fingerprint density at radius 3 is 2.36 bits per heavy atom. The third kappa shape index (κ3) is 2.70. The van der Waals surface area contributed by atoms with Crippen molar-refractivity contribution in [1.29, 1.82) is 0 Å². The monoisotopic (exact) mass is 331 g/mol. The van der Waals surface area contributed by atoms with Crippen molar-refractivity contribution in [1.82, 2.24) is 14.6 Å². The standard InChI is InChI=1S/C20H17N3O2/c1-24-18-10-8-15(12-19(18)25-2)16-9-11-20-21-13-17(23(20)22-16)14-6-4-3-5-7-14/h3-13H,1-2H3. The first-order valence-electron chi connectivity index (χ1n) is 7.93. The molecule has 5 heteroatoms. The zero-order valence-electron chi connectivity index (χ0n) is 14.0. The number of nitrogens with zero attached hydrogens (tertiary/aromatic N) is 3. The Morgan fingerprint density at radius 1 is 0.800 bits per heavy atom. The minimum atomic E-state index is 0.677. The Kier molecular flexibility index (Phi) is 3.82. The van der Waals surface area contributed by atoms with Gasteiger partial charge in [-0.25, -0.2) is 9.50 Å². The van der Waals surface area contributed by atoms with E-state index in [0.29, 0.717) is 11.5 Å². The molecule has 0 aliphatic carbocycles. The molecular formula is C20H17N3O2. The molecule has 0 saturated heterocycles. The molecule has 0 bridgehead atoms. The van der Waals surface area contributed by atoms with Gasteiger partial charge in [-0.2, -0.15) is 5.10 Å². The van der Waals surface area contributed by atoms with Gasteiger partial charge >= 0.3 is 0 Å². The van der Waals surface area contributed by atoms with Crippen LogP contribution in [0.15, 0.2) is 66.9 Å². The first-order valence-corrected chi connectivity index (χ1v) is 7.93. The van der Waals surface area contributed by atoms with E-state index >= 15 is 0 Å². The summed E-state index contributed by atoms with van der Waals surface area (Å²) >= 11 is 0. The molecule has 0 fully saturated rings. The fraction of sp³-hybridized carbons (Fsp3) is 0.100. The second-order valence-electron chi connectivity index (χ2n) is 5.57. The molecule has 2 aromatic heterocycles. The summed E-state index contributed by atoms with van der Waals surface area (Å²) in [5.74, 6) is 1.37. The molecule has 0 saturated carbocycles. The van der Waals surface area contributed by atoms with E-state index in [9.17, 15) is 0 Å². The lowest BCUT2D eigenvalue weighted by atomic mass is 10.1. The Bertz CT molecular complexity index is 1030. The average Bonchev–Trinajstić information content (AvgIpc) is 3.11. The van der Waals surface area contributed by atoms with Crippen molar-refractivity contribution in [3.8, 4) is 34.0 Å². The van der Waals surface area contributed by atoms with Crippen molar-refractivity contribution >= 4 is 5.65 Å². The van der Waals surface area contributed by atoms with Crippen LogP contribution in [0.2, 0.25) is 0 Å². The van der Waals surface area contributed by atoms with Gasteiger partial charge in [-0.05, 0) is 30.3 Å². The largest absolute Gasteiger partial charge is 0.493 e. The SMILES string of the molecule is COc1ccc(-c2ccc3ncc(-c4ccccc4)n3n2)cc1OC. The maximum atomic E-state index is 5.39. The Hall–Kier alpha value is -3.34. The highest BCUT2D eigenvalue weighted by Gasteiger charge is 2.11. The number of imidazole rings is 1. The van der Waals surface area contributed by atoms with Crippen LogP contribution in [0.5, 0.6) is 11.5 Å². The first-order chi connectivity index (χ1) is 12.3. The second kappa shape index (κ2) is 6.28. The zero-order valence-corrected chi connectivity index (χ0v) is 14.0. The van der Waals surface area contributed by atoms with Crippen molar-refractivity contribution in [2.24, 2.45) is 0 Å². The van der Waals surface area contributed by atoms with E-state index in [1.807, 2.05) is 71.4 Å². The van der Waals surface area contributed by atoms with Crippen LogP contribution in [0.1, 0.15) is 0 Å². The van der Waals surface area contributed by atoms with Crippen LogP contribution in [0.25, 0.3) is 28.2 Å². The molecule has 0 amide bonds. The highest BCUT2D eigenvalue weighted by Crippen LogP contribution is 2.32. The van der Waals surface area contributed by atoms with Crippen molar-refractivity contribution in [2.75, 3.05) is 14.2 Å². The molecular weight excluding hydrogens is 314 g/mol. The Labute approximate surface area is 145 Å². The molecule has 0 spiro atoms. The van der Waals surface area contributed by atoms with Gasteiger partial charge in [0, 0.05) is 11.1 Å². The number of hydrogen-bond acceptors (Lipinski definition) is 4. The molecule has 5 nitrogen and oxygen atoms in total. The van der Waals surface area contributed by atoms with E-state index in [4.69, 9.17) is 14.6 Å². The average molecular weight is 331 g/mol. The third-order valence-corrected chi connectivity index (χ3v) is 4.11. The van der Waals surface area contributed by atoms with Crippen LogP contribution in [0.3, 0.4) is 0 Å². The topological polar surface area (TPSA) is 48.7 Å². The van der Waals surface area contributed by atoms with E-state index in [-0.39, 0.29) is 0 Å². The summed E-state index contributed by atoms with van der Waals surface area (Å²) in [6.07, 6.45) is 1.84. The molecule has 0 unspecified atom stereocenters. The summed E-state index contributed by atoms with van der Waals surface area (Å²) in [7, 11) is 3.25. The molecule has 4 aromatic rings. The summed E-state index contributed by atoms with van der Waals surface area (Å²) in [6.45, 7) is 0. The lowest BCUT2D eigenvalue weighted by Crippen LogP contribution is -1.97. The maximum absolute atomic E-state index is 5.39. The lowest BCUT2D eigenvalue weighted by molar-refractivity contribution is 0.355. The molecule has 124 valence electrons. The Balaban J connectivity index is 1.84. The van der Waals surface area contributed by atoms with Crippen LogP contribution in [0.4, 0.5) is 0 Å².